The Labute approximate surface area is 108 Å². The van der Waals surface area contributed by atoms with Crippen molar-refractivity contribution in [3.05, 3.63) is 29.9 Å². The van der Waals surface area contributed by atoms with Gasteiger partial charge < -0.3 is 4.43 Å². The largest absolute Gasteiger partial charge is 0.400 e. The Morgan fingerprint density at radius 2 is 1.35 bits per heavy atom. The number of rotatable bonds is 5. The molecule has 1 aliphatic rings. The second kappa shape index (κ2) is 5.53. The second-order valence-corrected chi connectivity index (χ2v) is 11.4. The predicted octanol–water partition coefficient (Wildman–Crippen LogP) is 5.23. The van der Waals surface area contributed by atoms with Gasteiger partial charge in [0, 0.05) is 0 Å². The van der Waals surface area contributed by atoms with E-state index in [1.54, 1.807) is 0 Å². The van der Waals surface area contributed by atoms with Gasteiger partial charge in [0.15, 0.2) is 0 Å². The molecule has 0 spiro atoms. The first-order chi connectivity index (χ1) is 7.80. The molecule has 0 unspecified atom stereocenters. The Morgan fingerprint density at radius 3 is 1.65 bits per heavy atom. The van der Waals surface area contributed by atoms with E-state index < -0.39 is 8.32 Å². The highest BCUT2D eigenvalue weighted by Gasteiger charge is 2.46. The van der Waals surface area contributed by atoms with Gasteiger partial charge in [0.1, 0.15) is 6.10 Å². The van der Waals surface area contributed by atoms with Crippen LogP contribution < -0.4 is 0 Å². The van der Waals surface area contributed by atoms with Gasteiger partial charge in [0.05, 0.1) is 0 Å². The van der Waals surface area contributed by atoms with Crippen LogP contribution in [0.15, 0.2) is 23.8 Å². The van der Waals surface area contributed by atoms with Crippen molar-refractivity contribution in [2.24, 2.45) is 0 Å². The van der Waals surface area contributed by atoms with E-state index in [9.17, 15) is 0 Å². The zero-order valence-corrected chi connectivity index (χ0v) is 13.4. The average molecular weight is 251 g/mol. The van der Waals surface area contributed by atoms with Gasteiger partial charge >= 0.3 is 0 Å². The molecule has 0 heterocycles. The molecule has 0 aliphatic heterocycles. The van der Waals surface area contributed by atoms with Gasteiger partial charge in [-0.3, -0.25) is 0 Å². The molecule has 1 nitrogen and oxygen atoms in total. The standard InChI is InChI=1S/C15H27OSi/c1-11(2)17(12(3)4,13(5)6)16-15-9-8-14(7)10-15/h8-13H,1-7H3. The van der Waals surface area contributed by atoms with Crippen molar-refractivity contribution in [3.8, 4) is 0 Å². The summed E-state index contributed by atoms with van der Waals surface area (Å²) in [4.78, 5) is 0. The summed E-state index contributed by atoms with van der Waals surface area (Å²) in [6, 6.07) is 0. The molecule has 0 N–H and O–H groups in total. The highest BCUT2D eigenvalue weighted by molar-refractivity contribution is 6.77. The van der Waals surface area contributed by atoms with E-state index in [0.29, 0.717) is 16.6 Å². The maximum Gasteiger partial charge on any atom is 0.202 e. The first-order valence-electron chi connectivity index (χ1n) is 6.73. The molecular weight excluding hydrogens is 224 g/mol. The minimum atomic E-state index is -1.76. The van der Waals surface area contributed by atoms with Crippen molar-refractivity contribution in [1.82, 2.24) is 0 Å². The van der Waals surface area contributed by atoms with E-state index in [0.717, 1.165) is 6.10 Å². The van der Waals surface area contributed by atoms with Crippen molar-refractivity contribution in [1.29, 1.82) is 0 Å². The molecule has 1 rings (SSSR count). The first-order valence-corrected chi connectivity index (χ1v) is 8.87. The molecule has 0 saturated heterocycles. The lowest BCUT2D eigenvalue weighted by atomic mass is 10.3. The fourth-order valence-electron chi connectivity index (χ4n) is 3.16. The van der Waals surface area contributed by atoms with Gasteiger partial charge in [-0.15, -0.1) is 0 Å². The summed E-state index contributed by atoms with van der Waals surface area (Å²) in [6.07, 6.45) is 7.49. The van der Waals surface area contributed by atoms with Gasteiger partial charge in [-0.25, -0.2) is 0 Å². The lowest BCUT2D eigenvalue weighted by Crippen LogP contribution is -2.48. The summed E-state index contributed by atoms with van der Waals surface area (Å²) in [5.74, 6) is 0. The van der Waals surface area contributed by atoms with E-state index >= 15 is 0 Å². The smallest absolute Gasteiger partial charge is 0.202 e. The first kappa shape index (κ1) is 14.7. The normalized spacial score (nSPS) is 17.6. The van der Waals surface area contributed by atoms with Crippen molar-refractivity contribution >= 4 is 8.32 Å². The summed E-state index contributed by atoms with van der Waals surface area (Å²) in [5, 5.41) is 0. The number of hydrogen-bond acceptors (Lipinski definition) is 1. The SMILES string of the molecule is CC1=C[C](O[Si](C(C)C)(C(C)C)C(C)C)C=C1. The Bertz CT molecular complexity index is 291. The van der Waals surface area contributed by atoms with Crippen molar-refractivity contribution in [2.45, 2.75) is 65.1 Å². The zero-order chi connectivity index (χ0) is 13.2. The van der Waals surface area contributed by atoms with Crippen LogP contribution in [-0.2, 0) is 4.43 Å². The van der Waals surface area contributed by atoms with Gasteiger partial charge in [0.25, 0.3) is 0 Å². The van der Waals surface area contributed by atoms with Crippen LogP contribution >= 0.6 is 0 Å². The molecule has 17 heavy (non-hydrogen) atoms. The lowest BCUT2D eigenvalue weighted by molar-refractivity contribution is 0.339. The highest BCUT2D eigenvalue weighted by Crippen LogP contribution is 2.44. The van der Waals surface area contributed by atoms with E-state index in [1.807, 2.05) is 0 Å². The van der Waals surface area contributed by atoms with Crippen LogP contribution in [0.2, 0.25) is 16.6 Å². The summed E-state index contributed by atoms with van der Waals surface area (Å²) < 4.78 is 6.55. The van der Waals surface area contributed by atoms with Crippen molar-refractivity contribution in [3.63, 3.8) is 0 Å². The number of hydrogen-bond donors (Lipinski definition) is 0. The van der Waals surface area contributed by atoms with Crippen molar-refractivity contribution in [2.75, 3.05) is 0 Å². The maximum absolute atomic E-state index is 6.55. The molecular formula is C15H27OSi. The van der Waals surface area contributed by atoms with E-state index in [-0.39, 0.29) is 0 Å². The highest BCUT2D eigenvalue weighted by atomic mass is 28.4. The van der Waals surface area contributed by atoms with Crippen LogP contribution in [0.3, 0.4) is 0 Å². The molecule has 1 aliphatic carbocycles. The third-order valence-corrected chi connectivity index (χ3v) is 9.89. The molecule has 0 amide bonds. The topological polar surface area (TPSA) is 9.23 Å². The van der Waals surface area contributed by atoms with Gasteiger partial charge in [-0.2, -0.15) is 0 Å². The molecule has 0 aromatic heterocycles. The van der Waals surface area contributed by atoms with Crippen LogP contribution in [0.4, 0.5) is 0 Å². The molecule has 97 valence electrons. The van der Waals surface area contributed by atoms with Gasteiger partial charge in [-0.1, -0.05) is 53.2 Å². The molecule has 2 heteroatoms. The third-order valence-electron chi connectivity index (χ3n) is 3.88. The Hall–Kier alpha value is -0.343. The van der Waals surface area contributed by atoms with E-state index in [4.69, 9.17) is 4.43 Å². The quantitative estimate of drug-likeness (QED) is 0.608. The van der Waals surface area contributed by atoms with E-state index in [2.05, 4.69) is 66.7 Å². The molecule has 0 bridgehead atoms. The van der Waals surface area contributed by atoms with Gasteiger partial charge in [0.2, 0.25) is 8.32 Å². The summed E-state index contributed by atoms with van der Waals surface area (Å²) in [7, 11) is -1.76. The minimum Gasteiger partial charge on any atom is -0.400 e. The Balaban J connectivity index is 2.95. The van der Waals surface area contributed by atoms with Gasteiger partial charge in [-0.05, 0) is 35.7 Å². The summed E-state index contributed by atoms with van der Waals surface area (Å²) in [6.45, 7) is 16.0. The number of allylic oxidation sites excluding steroid dienone is 2. The van der Waals surface area contributed by atoms with Crippen LogP contribution in [0.1, 0.15) is 48.5 Å². The second-order valence-electron chi connectivity index (χ2n) is 6.04. The van der Waals surface area contributed by atoms with Crippen LogP contribution in [0.5, 0.6) is 0 Å². The summed E-state index contributed by atoms with van der Waals surface area (Å²) >= 11 is 0. The molecule has 1 radical (unpaired) electrons. The van der Waals surface area contributed by atoms with Crippen LogP contribution in [-0.4, -0.2) is 8.32 Å². The minimum absolute atomic E-state index is 0.637. The lowest BCUT2D eigenvalue weighted by Gasteiger charge is -2.43. The average Bonchev–Trinajstić information content (AvgIpc) is 2.58. The Morgan fingerprint density at radius 1 is 0.882 bits per heavy atom. The zero-order valence-electron chi connectivity index (χ0n) is 12.4. The molecule has 0 aromatic carbocycles. The molecule has 0 fully saturated rings. The predicted molar refractivity (Wildman–Crippen MR) is 78.3 cm³/mol. The molecule has 0 atom stereocenters. The van der Waals surface area contributed by atoms with E-state index in [1.165, 1.54) is 5.57 Å². The monoisotopic (exact) mass is 251 g/mol. The Kier molecular flexibility index (Phi) is 4.79. The third kappa shape index (κ3) is 2.91. The van der Waals surface area contributed by atoms with Crippen LogP contribution in [0.25, 0.3) is 0 Å². The van der Waals surface area contributed by atoms with Crippen molar-refractivity contribution < 1.29 is 4.43 Å². The molecule has 0 saturated carbocycles. The fourth-order valence-corrected chi connectivity index (χ4v) is 8.40. The van der Waals surface area contributed by atoms with Crippen LogP contribution in [0, 0.1) is 6.10 Å². The fraction of sp³-hybridized carbons (Fsp3) is 0.667. The molecule has 0 aromatic rings. The summed E-state index contributed by atoms with van der Waals surface area (Å²) in [5.41, 5.74) is 3.20. The maximum atomic E-state index is 6.55.